The van der Waals surface area contributed by atoms with Crippen molar-refractivity contribution in [3.8, 4) is 0 Å². The minimum atomic E-state index is -0.599. The number of hydrogen-bond donors (Lipinski definition) is 2. The van der Waals surface area contributed by atoms with Crippen LogP contribution in [0.1, 0.15) is 109 Å². The summed E-state index contributed by atoms with van der Waals surface area (Å²) in [5.41, 5.74) is 4.87. The highest BCUT2D eigenvalue weighted by Crippen LogP contribution is 2.39. The second-order valence-electron chi connectivity index (χ2n) is 16.7. The zero-order valence-corrected chi connectivity index (χ0v) is 33.0. The number of amides is 2. The van der Waals surface area contributed by atoms with Gasteiger partial charge >= 0.3 is 0 Å². The second kappa shape index (κ2) is 18.0. The Labute approximate surface area is 335 Å². The number of Topliss-reactive ketones (excluding diaryl/α,β-unsaturated/α-hetero) is 1. The first-order valence-electron chi connectivity index (χ1n) is 21.3. The SMILES string of the molecule is O=C(NC1CCC(CC[C@@H]2CC(=O)N(c3cccc(C4=CC=C(CN5CCCN(CCO)CC5)CC4)c3)c3ncc(F)cc3C2=O)CC1)c1cn2c(n1)CCCC2. The van der Waals surface area contributed by atoms with Gasteiger partial charge in [-0.25, -0.2) is 14.4 Å². The van der Waals surface area contributed by atoms with E-state index in [9.17, 15) is 23.9 Å². The molecule has 0 bridgehead atoms. The van der Waals surface area contributed by atoms with Gasteiger partial charge in [-0.1, -0.05) is 29.9 Å². The zero-order valence-electron chi connectivity index (χ0n) is 33.0. The summed E-state index contributed by atoms with van der Waals surface area (Å²) in [4.78, 5) is 56.5. The predicted octanol–water partition coefficient (Wildman–Crippen LogP) is 6.49. The number of β-amino-alcohol motifs (C(OH)–C–C–N with tert-alkyl or cyclic N) is 1. The number of carbonyl (C=O) groups excluding carboxylic acids is 3. The maximum Gasteiger partial charge on any atom is 0.271 e. The molecule has 3 aromatic rings. The molecule has 3 aliphatic heterocycles. The van der Waals surface area contributed by atoms with Crippen molar-refractivity contribution in [2.75, 3.05) is 50.8 Å². The van der Waals surface area contributed by atoms with E-state index in [0.29, 0.717) is 23.7 Å². The fraction of sp³-hybridized carbons (Fsp3) is 0.533. The number of aliphatic hydroxyl groups excluding tert-OH is 1. The minimum Gasteiger partial charge on any atom is -0.395 e. The topological polar surface area (TPSA) is 124 Å². The lowest BCUT2D eigenvalue weighted by atomic mass is 9.80. The van der Waals surface area contributed by atoms with Gasteiger partial charge in [0.2, 0.25) is 5.91 Å². The summed E-state index contributed by atoms with van der Waals surface area (Å²) in [5.74, 6) is -0.151. The lowest BCUT2D eigenvalue weighted by molar-refractivity contribution is -0.118. The summed E-state index contributed by atoms with van der Waals surface area (Å²) < 4.78 is 16.8. The van der Waals surface area contributed by atoms with E-state index < -0.39 is 11.7 Å². The number of carbonyl (C=O) groups is 3. The summed E-state index contributed by atoms with van der Waals surface area (Å²) in [5, 5.41) is 12.5. The highest BCUT2D eigenvalue weighted by atomic mass is 19.1. The molecule has 57 heavy (non-hydrogen) atoms. The number of nitrogens with one attached hydrogen (secondary N) is 1. The van der Waals surface area contributed by atoms with Gasteiger partial charge in [-0.2, -0.15) is 0 Å². The standard InChI is InChI=1S/C45H56FN7O4/c46-36-27-39-43(56)35(15-8-31-11-16-37(17-12-31)48-45(57)40-30-52-20-2-1-7-41(52)49-40)26-42(55)53(44(39)47-28-36)38-6-3-5-34(25-38)33-13-9-32(10-14-33)29-51-19-4-18-50(21-22-51)23-24-54/h3,5-6,9,13,25,27-28,30-31,35,37,54H,1-2,4,7-8,10-12,14-24,26,29H2,(H,48,57)/t31?,35-,37?/m1/s1. The number of aryl methyl sites for hydroxylation is 2. The van der Waals surface area contributed by atoms with Crippen molar-refractivity contribution in [1.29, 1.82) is 0 Å². The molecule has 1 saturated heterocycles. The molecule has 2 N–H and O–H groups in total. The Morgan fingerprint density at radius 2 is 1.75 bits per heavy atom. The summed E-state index contributed by atoms with van der Waals surface area (Å²) in [7, 11) is 0. The van der Waals surface area contributed by atoms with Crippen molar-refractivity contribution in [1.82, 2.24) is 29.7 Å². The maximum atomic E-state index is 14.7. The number of imidazole rings is 1. The third-order valence-corrected chi connectivity index (χ3v) is 12.8. The number of aromatic nitrogens is 3. The lowest BCUT2D eigenvalue weighted by Gasteiger charge is -2.29. The smallest absolute Gasteiger partial charge is 0.271 e. The number of benzene rings is 1. The van der Waals surface area contributed by atoms with Gasteiger partial charge in [0, 0.05) is 63.7 Å². The molecule has 302 valence electrons. The molecule has 5 aliphatic rings. The average molecular weight is 778 g/mol. The molecule has 8 rings (SSSR count). The van der Waals surface area contributed by atoms with E-state index in [1.54, 1.807) is 0 Å². The Balaban J connectivity index is 0.896. The third-order valence-electron chi connectivity index (χ3n) is 12.8. The first kappa shape index (κ1) is 39.3. The van der Waals surface area contributed by atoms with Crippen LogP contribution in [-0.2, 0) is 17.8 Å². The molecule has 5 heterocycles. The fourth-order valence-electron chi connectivity index (χ4n) is 9.57. The second-order valence-corrected chi connectivity index (χ2v) is 16.7. The molecule has 11 nitrogen and oxygen atoms in total. The molecule has 1 aromatic carbocycles. The molecule has 1 atom stereocenters. The summed E-state index contributed by atoms with van der Waals surface area (Å²) >= 11 is 0. The van der Waals surface area contributed by atoms with Crippen LogP contribution in [-0.4, -0.2) is 99.0 Å². The van der Waals surface area contributed by atoms with Gasteiger partial charge in [-0.15, -0.1) is 0 Å². The number of halogens is 1. The Hall–Kier alpha value is -4.52. The molecule has 0 unspecified atom stereocenters. The van der Waals surface area contributed by atoms with Crippen molar-refractivity contribution < 1.29 is 23.9 Å². The van der Waals surface area contributed by atoms with Gasteiger partial charge in [0.15, 0.2) is 11.6 Å². The van der Waals surface area contributed by atoms with Crippen LogP contribution in [0.3, 0.4) is 0 Å². The molecule has 2 fully saturated rings. The highest BCUT2D eigenvalue weighted by molar-refractivity contribution is 6.13. The number of rotatable bonds is 11. The van der Waals surface area contributed by atoms with E-state index in [2.05, 4.69) is 47.9 Å². The van der Waals surface area contributed by atoms with E-state index in [-0.39, 0.29) is 48.0 Å². The molecule has 2 aromatic heterocycles. The fourth-order valence-corrected chi connectivity index (χ4v) is 9.57. The van der Waals surface area contributed by atoms with Gasteiger partial charge in [0.05, 0.1) is 24.1 Å². The molecule has 0 spiro atoms. The molecule has 2 aliphatic carbocycles. The van der Waals surface area contributed by atoms with Gasteiger partial charge < -0.3 is 15.0 Å². The predicted molar refractivity (Wildman–Crippen MR) is 218 cm³/mol. The van der Waals surface area contributed by atoms with Crippen molar-refractivity contribution in [3.63, 3.8) is 0 Å². The molecule has 0 radical (unpaired) electrons. The van der Waals surface area contributed by atoms with Crippen LogP contribution in [0.15, 0.2) is 60.5 Å². The first-order chi connectivity index (χ1) is 27.8. The first-order valence-corrected chi connectivity index (χ1v) is 21.3. The normalized spacial score (nSPS) is 23.5. The maximum absolute atomic E-state index is 14.7. The van der Waals surface area contributed by atoms with Crippen LogP contribution in [0.5, 0.6) is 0 Å². The van der Waals surface area contributed by atoms with E-state index in [1.807, 2.05) is 24.4 Å². The molecule has 1 saturated carbocycles. The summed E-state index contributed by atoms with van der Waals surface area (Å²) in [6, 6.07) is 9.17. The van der Waals surface area contributed by atoms with Crippen molar-refractivity contribution >= 4 is 34.7 Å². The van der Waals surface area contributed by atoms with Crippen LogP contribution >= 0.6 is 0 Å². The number of fused-ring (bicyclic) bond motifs is 2. The van der Waals surface area contributed by atoms with Crippen molar-refractivity contribution in [3.05, 3.63) is 88.9 Å². The average Bonchev–Trinajstić information content (AvgIpc) is 3.51. The van der Waals surface area contributed by atoms with E-state index in [0.717, 1.165) is 134 Å². The van der Waals surface area contributed by atoms with E-state index in [1.165, 1.54) is 22.1 Å². The lowest BCUT2D eigenvalue weighted by Crippen LogP contribution is -2.38. The Morgan fingerprint density at radius 1 is 0.912 bits per heavy atom. The van der Waals surface area contributed by atoms with Gasteiger partial charge in [0.25, 0.3) is 5.91 Å². The molecule has 2 amide bonds. The van der Waals surface area contributed by atoms with Gasteiger partial charge in [-0.3, -0.25) is 29.1 Å². The van der Waals surface area contributed by atoms with E-state index in [4.69, 9.17) is 0 Å². The van der Waals surface area contributed by atoms with Crippen molar-refractivity contribution in [2.24, 2.45) is 11.8 Å². The Bertz CT molecular complexity index is 1990. The zero-order chi connectivity index (χ0) is 39.3. The number of hydrogen-bond acceptors (Lipinski definition) is 8. The van der Waals surface area contributed by atoms with Crippen LogP contribution < -0.4 is 10.2 Å². The minimum absolute atomic E-state index is 0.0319. The van der Waals surface area contributed by atoms with E-state index >= 15 is 0 Å². The number of ketones is 1. The number of anilines is 2. The quantitative estimate of drug-likeness (QED) is 0.227. The number of aliphatic hydroxyl groups is 1. The summed E-state index contributed by atoms with van der Waals surface area (Å²) in [6.45, 7) is 6.87. The molecule has 12 heteroatoms. The van der Waals surface area contributed by atoms with Crippen LogP contribution in [0.2, 0.25) is 0 Å². The van der Waals surface area contributed by atoms with Crippen LogP contribution in [0.4, 0.5) is 15.9 Å². The third kappa shape index (κ3) is 9.29. The number of nitrogens with zero attached hydrogens (tertiary/aromatic N) is 6. The number of pyridine rings is 1. The number of allylic oxidation sites excluding steroid dienone is 3. The Morgan fingerprint density at radius 3 is 2.56 bits per heavy atom. The van der Waals surface area contributed by atoms with Crippen molar-refractivity contribution in [2.45, 2.75) is 96.1 Å². The Kier molecular flexibility index (Phi) is 12.4. The van der Waals surface area contributed by atoms with Gasteiger partial charge in [-0.05, 0) is 119 Å². The van der Waals surface area contributed by atoms with Crippen LogP contribution in [0.25, 0.3) is 5.57 Å². The van der Waals surface area contributed by atoms with Crippen LogP contribution in [0, 0.1) is 17.7 Å². The summed E-state index contributed by atoms with van der Waals surface area (Å²) in [6.07, 6.45) is 18.4. The van der Waals surface area contributed by atoms with Gasteiger partial charge in [0.1, 0.15) is 17.3 Å². The largest absolute Gasteiger partial charge is 0.395 e. The molecular formula is C45H56FN7O4. The molecular weight excluding hydrogens is 722 g/mol. The highest BCUT2D eigenvalue weighted by Gasteiger charge is 2.37. The monoisotopic (exact) mass is 777 g/mol.